The molecule has 11 heteroatoms. The summed E-state index contributed by atoms with van der Waals surface area (Å²) >= 11 is 20.0. The largest absolute Gasteiger partial charge is 0.388 e. The minimum absolute atomic E-state index is 0.266. The molecule has 0 bridgehead atoms. The lowest BCUT2D eigenvalue weighted by Gasteiger charge is -2.31. The molecule has 6 aromatic rings. The van der Waals surface area contributed by atoms with E-state index in [1.807, 2.05) is 80.1 Å². The molecule has 4 heterocycles. The molecule has 1 atom stereocenters. The van der Waals surface area contributed by atoms with Crippen LogP contribution in [-0.2, 0) is 0 Å². The fourth-order valence-corrected chi connectivity index (χ4v) is 7.65. The molecule has 236 valence electrons. The number of amides is 1. The van der Waals surface area contributed by atoms with E-state index in [0.717, 1.165) is 87.8 Å². The number of aromatic amines is 1. The molecule has 4 N–H and O–H groups in total. The van der Waals surface area contributed by atoms with Crippen molar-refractivity contribution in [2.24, 2.45) is 0 Å². The molecule has 2 aromatic heterocycles. The molecule has 8 nitrogen and oxygen atoms in total. The van der Waals surface area contributed by atoms with E-state index < -0.39 is 0 Å². The van der Waals surface area contributed by atoms with Crippen LogP contribution in [0.1, 0.15) is 27.7 Å². The van der Waals surface area contributed by atoms with Gasteiger partial charge in [-0.2, -0.15) is 0 Å². The summed E-state index contributed by atoms with van der Waals surface area (Å²) in [5.41, 5.74) is 8.79. The summed E-state index contributed by atoms with van der Waals surface area (Å²) in [6.45, 7) is 3.44. The fraction of sp³-hybridized carbons (Fsp3) is 0.167. The van der Waals surface area contributed by atoms with Gasteiger partial charge in [-0.15, -0.1) is 0 Å². The van der Waals surface area contributed by atoms with Gasteiger partial charge in [0, 0.05) is 76.0 Å². The van der Waals surface area contributed by atoms with Gasteiger partial charge >= 0.3 is 0 Å². The Balaban J connectivity index is 1.35. The molecule has 0 saturated carbocycles. The summed E-state index contributed by atoms with van der Waals surface area (Å²) < 4.78 is 2.09. The highest BCUT2D eigenvalue weighted by atomic mass is 35.5. The highest BCUT2D eigenvalue weighted by Crippen LogP contribution is 2.50. The van der Waals surface area contributed by atoms with E-state index in [0.29, 0.717) is 20.8 Å². The van der Waals surface area contributed by atoms with Gasteiger partial charge in [-0.3, -0.25) is 4.79 Å². The number of nitrogens with one attached hydrogen (secondary N) is 4. The normalized spacial score (nSPS) is 15.5. The highest BCUT2D eigenvalue weighted by Gasteiger charge is 2.37. The SMILES string of the molecule is CNc1ccc(N2CCNCC2)c(NC(=O)c2[nH]c3cc(Cl)cc4c3c2-c2c(-c3ccccc3)ncn2C4c2ccc(Cl)cc2Cl)c1. The number of piperazine rings is 1. The molecular weight excluding hydrogens is 653 g/mol. The minimum Gasteiger partial charge on any atom is -0.388 e. The number of fused-ring (bicyclic) bond motifs is 2. The third-order valence-electron chi connectivity index (χ3n) is 9.02. The van der Waals surface area contributed by atoms with Crippen LogP contribution in [0.25, 0.3) is 33.4 Å². The predicted octanol–water partition coefficient (Wildman–Crippen LogP) is 8.31. The van der Waals surface area contributed by atoms with Gasteiger partial charge in [0.25, 0.3) is 5.91 Å². The lowest BCUT2D eigenvalue weighted by molar-refractivity contribution is 0.102. The molecule has 2 aliphatic rings. The van der Waals surface area contributed by atoms with Crippen LogP contribution in [0.5, 0.6) is 0 Å². The third-order valence-corrected chi connectivity index (χ3v) is 9.80. The zero-order chi connectivity index (χ0) is 32.2. The van der Waals surface area contributed by atoms with Gasteiger partial charge in [0.15, 0.2) is 0 Å². The lowest BCUT2D eigenvalue weighted by Crippen LogP contribution is -2.43. The summed E-state index contributed by atoms with van der Waals surface area (Å²) in [4.78, 5) is 25.2. The molecule has 1 fully saturated rings. The van der Waals surface area contributed by atoms with Gasteiger partial charge in [-0.25, -0.2) is 4.98 Å². The second kappa shape index (κ2) is 12.0. The van der Waals surface area contributed by atoms with E-state index in [1.165, 1.54) is 0 Å². The Morgan fingerprint density at radius 1 is 0.915 bits per heavy atom. The monoisotopic (exact) mass is 681 g/mol. The molecule has 2 aliphatic heterocycles. The first-order valence-electron chi connectivity index (χ1n) is 15.4. The summed E-state index contributed by atoms with van der Waals surface area (Å²) in [5.74, 6) is -0.266. The Bertz CT molecular complexity index is 2170. The average Bonchev–Trinajstić information content (AvgIpc) is 3.69. The summed E-state index contributed by atoms with van der Waals surface area (Å²) in [7, 11) is 1.87. The predicted molar refractivity (Wildman–Crippen MR) is 193 cm³/mol. The van der Waals surface area contributed by atoms with E-state index in [-0.39, 0.29) is 11.9 Å². The maximum atomic E-state index is 14.5. The summed E-state index contributed by atoms with van der Waals surface area (Å²) in [6, 6.07) is 25.0. The fourth-order valence-electron chi connectivity index (χ4n) is 6.91. The molecule has 8 rings (SSSR count). The number of carbonyl (C=O) groups excluding carboxylic acids is 1. The molecule has 0 spiro atoms. The summed E-state index contributed by atoms with van der Waals surface area (Å²) in [5, 5.41) is 12.4. The number of hydrogen-bond donors (Lipinski definition) is 4. The third kappa shape index (κ3) is 5.12. The van der Waals surface area contributed by atoms with Crippen molar-refractivity contribution in [2.45, 2.75) is 6.04 Å². The van der Waals surface area contributed by atoms with Gasteiger partial charge in [0.1, 0.15) is 5.69 Å². The van der Waals surface area contributed by atoms with Crippen LogP contribution in [-0.4, -0.2) is 53.7 Å². The Morgan fingerprint density at radius 3 is 2.49 bits per heavy atom. The number of carbonyl (C=O) groups is 1. The van der Waals surface area contributed by atoms with Crippen molar-refractivity contribution in [3.8, 4) is 22.5 Å². The number of anilines is 3. The number of H-pyrrole nitrogens is 1. The second-order valence-electron chi connectivity index (χ2n) is 11.7. The maximum Gasteiger partial charge on any atom is 0.272 e. The van der Waals surface area contributed by atoms with Crippen molar-refractivity contribution in [3.63, 3.8) is 0 Å². The van der Waals surface area contributed by atoms with Crippen LogP contribution in [0.4, 0.5) is 17.1 Å². The maximum absolute atomic E-state index is 14.5. The number of imidazole rings is 1. The average molecular weight is 683 g/mol. The van der Waals surface area contributed by atoms with E-state index in [4.69, 9.17) is 39.8 Å². The number of rotatable bonds is 6. The smallest absolute Gasteiger partial charge is 0.272 e. The van der Waals surface area contributed by atoms with Crippen LogP contribution in [0.2, 0.25) is 15.1 Å². The molecule has 1 saturated heterocycles. The van der Waals surface area contributed by atoms with Crippen molar-refractivity contribution >= 4 is 68.7 Å². The molecule has 47 heavy (non-hydrogen) atoms. The zero-order valence-corrected chi connectivity index (χ0v) is 27.6. The number of hydrogen-bond acceptors (Lipinski definition) is 5. The number of aromatic nitrogens is 3. The van der Waals surface area contributed by atoms with Crippen molar-refractivity contribution in [1.29, 1.82) is 0 Å². The van der Waals surface area contributed by atoms with Gasteiger partial charge < -0.3 is 30.4 Å². The van der Waals surface area contributed by atoms with Crippen LogP contribution in [0.3, 0.4) is 0 Å². The van der Waals surface area contributed by atoms with Crippen LogP contribution >= 0.6 is 34.8 Å². The Labute approximate surface area is 286 Å². The topological polar surface area (TPSA) is 90.0 Å². The second-order valence-corrected chi connectivity index (χ2v) is 13.0. The van der Waals surface area contributed by atoms with E-state index in [9.17, 15) is 4.79 Å². The quantitative estimate of drug-likeness (QED) is 0.142. The molecular formula is C36H30Cl3N7O. The van der Waals surface area contributed by atoms with Crippen molar-refractivity contribution < 1.29 is 4.79 Å². The Kier molecular flexibility index (Phi) is 7.61. The van der Waals surface area contributed by atoms with Gasteiger partial charge in [0.05, 0.1) is 35.1 Å². The molecule has 1 amide bonds. The number of benzene rings is 4. The zero-order valence-electron chi connectivity index (χ0n) is 25.4. The molecule has 4 aromatic carbocycles. The van der Waals surface area contributed by atoms with Crippen LogP contribution in [0.15, 0.2) is 85.2 Å². The number of halogens is 3. The van der Waals surface area contributed by atoms with E-state index in [1.54, 1.807) is 6.07 Å². The van der Waals surface area contributed by atoms with E-state index in [2.05, 4.69) is 36.5 Å². The van der Waals surface area contributed by atoms with Gasteiger partial charge in [-0.05, 0) is 53.6 Å². The Hall–Kier alpha value is -4.47. The van der Waals surface area contributed by atoms with E-state index >= 15 is 0 Å². The highest BCUT2D eigenvalue weighted by molar-refractivity contribution is 6.35. The molecule has 0 radical (unpaired) electrons. The van der Waals surface area contributed by atoms with Crippen LogP contribution < -0.4 is 20.9 Å². The summed E-state index contributed by atoms with van der Waals surface area (Å²) in [6.07, 6.45) is 1.82. The van der Waals surface area contributed by atoms with Crippen molar-refractivity contribution in [2.75, 3.05) is 48.8 Å². The van der Waals surface area contributed by atoms with Crippen molar-refractivity contribution in [1.82, 2.24) is 19.9 Å². The van der Waals surface area contributed by atoms with Gasteiger partial charge in [0.2, 0.25) is 0 Å². The van der Waals surface area contributed by atoms with Crippen molar-refractivity contribution in [3.05, 3.63) is 117 Å². The Morgan fingerprint density at radius 2 is 1.72 bits per heavy atom. The minimum atomic E-state index is -0.369. The van der Waals surface area contributed by atoms with Crippen LogP contribution in [0, 0.1) is 0 Å². The first-order chi connectivity index (χ1) is 22.9. The van der Waals surface area contributed by atoms with Gasteiger partial charge in [-0.1, -0.05) is 71.2 Å². The first kappa shape index (κ1) is 29.9. The molecule has 0 aliphatic carbocycles. The molecule has 1 unspecified atom stereocenters. The standard InChI is InChI=1S/C36H30Cl3N7O/c1-40-23-8-10-29(45-13-11-41-12-14-45)27(18-23)44-36(47)33-31-30-25(15-22(38)17-28(30)43-33)34(24-9-7-21(37)16-26(24)39)46-19-42-32(35(31)46)20-5-3-2-4-6-20/h2-10,15-19,34,40-41,43H,11-14H2,1H3,(H,44,47). The first-order valence-corrected chi connectivity index (χ1v) is 16.6. The number of nitrogens with zero attached hydrogens (tertiary/aromatic N) is 3. The lowest BCUT2D eigenvalue weighted by atomic mass is 9.87.